The Labute approximate surface area is 165 Å². The summed E-state index contributed by atoms with van der Waals surface area (Å²) >= 11 is 0. The Morgan fingerprint density at radius 2 is 1.61 bits per heavy atom. The zero-order valence-corrected chi connectivity index (χ0v) is 16.8. The van der Waals surface area contributed by atoms with Crippen molar-refractivity contribution in [3.63, 3.8) is 0 Å². The summed E-state index contributed by atoms with van der Waals surface area (Å²) in [6.07, 6.45) is -1.05. The highest BCUT2D eigenvalue weighted by Crippen LogP contribution is 2.12. The van der Waals surface area contributed by atoms with E-state index < -0.39 is 34.5 Å². The summed E-state index contributed by atoms with van der Waals surface area (Å²) in [6, 6.07) is 15.3. The van der Waals surface area contributed by atoms with Crippen LogP contribution in [-0.2, 0) is 24.3 Å². The van der Waals surface area contributed by atoms with Gasteiger partial charge in [0.05, 0.1) is 10.9 Å². The van der Waals surface area contributed by atoms with Crippen molar-refractivity contribution in [3.8, 4) is 0 Å². The number of amides is 1. The van der Waals surface area contributed by atoms with Gasteiger partial charge >= 0.3 is 5.97 Å². The van der Waals surface area contributed by atoms with Gasteiger partial charge in [-0.3, -0.25) is 9.59 Å². The second kappa shape index (κ2) is 9.48. The van der Waals surface area contributed by atoms with Crippen molar-refractivity contribution in [1.82, 2.24) is 10.0 Å². The lowest BCUT2D eigenvalue weighted by atomic mass is 10.1. The highest BCUT2D eigenvalue weighted by molar-refractivity contribution is 7.89. The third-order valence-corrected chi connectivity index (χ3v) is 5.49. The molecule has 0 heterocycles. The molecule has 1 amide bonds. The zero-order chi connectivity index (χ0) is 20.7. The largest absolute Gasteiger partial charge is 0.452 e. The molecule has 150 valence electrons. The number of ether oxygens (including phenoxy) is 1. The van der Waals surface area contributed by atoms with Crippen LogP contribution >= 0.6 is 0 Å². The number of rotatable bonds is 8. The van der Waals surface area contributed by atoms with Crippen molar-refractivity contribution in [2.75, 3.05) is 6.54 Å². The minimum atomic E-state index is -3.83. The van der Waals surface area contributed by atoms with E-state index in [1.807, 2.05) is 44.2 Å². The molecule has 0 saturated carbocycles. The van der Waals surface area contributed by atoms with Crippen molar-refractivity contribution in [1.29, 1.82) is 0 Å². The van der Waals surface area contributed by atoms with Crippen LogP contribution in [0.5, 0.6) is 0 Å². The highest BCUT2D eigenvalue weighted by Gasteiger charge is 2.21. The van der Waals surface area contributed by atoms with E-state index in [4.69, 9.17) is 4.74 Å². The lowest BCUT2D eigenvalue weighted by Crippen LogP contribution is -2.39. The molecule has 2 atom stereocenters. The predicted octanol–water partition coefficient (Wildman–Crippen LogP) is 2.08. The fraction of sp³-hybridized carbons (Fsp3) is 0.300. The Kier molecular flexibility index (Phi) is 7.31. The summed E-state index contributed by atoms with van der Waals surface area (Å²) in [5.41, 5.74) is 1.84. The molecule has 2 rings (SSSR count). The van der Waals surface area contributed by atoms with Gasteiger partial charge < -0.3 is 10.1 Å². The maximum Gasteiger partial charge on any atom is 0.321 e. The van der Waals surface area contributed by atoms with Crippen LogP contribution in [-0.4, -0.2) is 32.9 Å². The van der Waals surface area contributed by atoms with Crippen LogP contribution in [0, 0.1) is 6.92 Å². The van der Waals surface area contributed by atoms with Crippen molar-refractivity contribution < 1.29 is 22.7 Å². The van der Waals surface area contributed by atoms with Crippen LogP contribution in [0.2, 0.25) is 0 Å². The third-order valence-electron chi connectivity index (χ3n) is 4.07. The van der Waals surface area contributed by atoms with E-state index in [9.17, 15) is 18.0 Å². The van der Waals surface area contributed by atoms with E-state index >= 15 is 0 Å². The van der Waals surface area contributed by atoms with E-state index in [-0.39, 0.29) is 10.9 Å². The van der Waals surface area contributed by atoms with Crippen molar-refractivity contribution in [2.24, 2.45) is 0 Å². The number of nitrogens with one attached hydrogen (secondary N) is 2. The van der Waals surface area contributed by atoms with Gasteiger partial charge in [0.2, 0.25) is 10.0 Å². The summed E-state index contributed by atoms with van der Waals surface area (Å²) in [7, 11) is -3.83. The normalized spacial score (nSPS) is 13.4. The number of esters is 1. The van der Waals surface area contributed by atoms with E-state index in [0.29, 0.717) is 0 Å². The SMILES string of the molecule is Cc1ccc(S(=O)(=O)NCC(=O)OC(C)C(=O)NC(C)c2ccccc2)cc1. The Morgan fingerprint density at radius 1 is 1.00 bits per heavy atom. The molecule has 7 nitrogen and oxygen atoms in total. The summed E-state index contributed by atoms with van der Waals surface area (Å²) < 4.78 is 31.5. The fourth-order valence-corrected chi connectivity index (χ4v) is 3.37. The minimum absolute atomic E-state index is 0.0494. The van der Waals surface area contributed by atoms with Crippen LogP contribution in [0.3, 0.4) is 0 Å². The Hall–Kier alpha value is -2.71. The average Bonchev–Trinajstić information content (AvgIpc) is 2.67. The zero-order valence-electron chi connectivity index (χ0n) is 16.0. The van der Waals surface area contributed by atoms with Gasteiger partial charge in [-0.05, 0) is 38.5 Å². The molecule has 0 aliphatic heterocycles. The molecule has 0 spiro atoms. The molecule has 0 aromatic heterocycles. The summed E-state index contributed by atoms with van der Waals surface area (Å²) in [5.74, 6) is -1.31. The number of benzene rings is 2. The van der Waals surface area contributed by atoms with Gasteiger partial charge in [0.1, 0.15) is 6.54 Å². The van der Waals surface area contributed by atoms with Gasteiger partial charge in [-0.2, -0.15) is 4.72 Å². The molecule has 2 aromatic rings. The molecule has 8 heteroatoms. The lowest BCUT2D eigenvalue weighted by molar-refractivity contribution is -0.153. The molecule has 2 N–H and O–H groups in total. The maximum atomic E-state index is 12.2. The predicted molar refractivity (Wildman–Crippen MR) is 105 cm³/mol. The van der Waals surface area contributed by atoms with Gasteiger partial charge in [0.25, 0.3) is 5.91 Å². The van der Waals surface area contributed by atoms with Crippen LogP contribution in [0.15, 0.2) is 59.5 Å². The molecule has 28 heavy (non-hydrogen) atoms. The van der Waals surface area contributed by atoms with Crippen molar-refractivity contribution in [2.45, 2.75) is 37.8 Å². The topological polar surface area (TPSA) is 102 Å². The van der Waals surface area contributed by atoms with E-state index in [1.54, 1.807) is 12.1 Å². The van der Waals surface area contributed by atoms with Gasteiger partial charge in [-0.1, -0.05) is 48.0 Å². The number of sulfonamides is 1. The molecule has 0 aliphatic rings. The summed E-state index contributed by atoms with van der Waals surface area (Å²) in [4.78, 5) is 24.2. The second-order valence-electron chi connectivity index (χ2n) is 6.41. The van der Waals surface area contributed by atoms with Gasteiger partial charge in [0, 0.05) is 0 Å². The molecular formula is C20H24N2O5S. The van der Waals surface area contributed by atoms with Crippen LogP contribution < -0.4 is 10.0 Å². The molecule has 0 fully saturated rings. The first kappa shape index (κ1) is 21.6. The van der Waals surface area contributed by atoms with Crippen LogP contribution in [0.4, 0.5) is 0 Å². The minimum Gasteiger partial charge on any atom is -0.452 e. The first-order valence-electron chi connectivity index (χ1n) is 8.80. The van der Waals surface area contributed by atoms with E-state index in [2.05, 4.69) is 10.0 Å². The molecule has 0 radical (unpaired) electrons. The smallest absolute Gasteiger partial charge is 0.321 e. The average molecular weight is 404 g/mol. The number of hydrogen-bond donors (Lipinski definition) is 2. The van der Waals surface area contributed by atoms with Crippen LogP contribution in [0.1, 0.15) is 31.0 Å². The number of carbonyl (C=O) groups excluding carboxylic acids is 2. The highest BCUT2D eigenvalue weighted by atomic mass is 32.2. The molecule has 0 aliphatic carbocycles. The summed E-state index contributed by atoms with van der Waals surface area (Å²) in [5, 5.41) is 2.75. The van der Waals surface area contributed by atoms with Gasteiger partial charge in [-0.25, -0.2) is 8.42 Å². The fourth-order valence-electron chi connectivity index (χ4n) is 2.40. The Balaban J connectivity index is 1.84. The standard InChI is InChI=1S/C20H24N2O5S/c1-14-9-11-18(12-10-14)28(25,26)21-13-19(23)27-16(3)20(24)22-15(2)17-7-5-4-6-8-17/h4-12,15-16,21H,13H2,1-3H3,(H,22,24). The summed E-state index contributed by atoms with van der Waals surface area (Å²) in [6.45, 7) is 4.52. The molecular weight excluding hydrogens is 380 g/mol. The molecule has 2 unspecified atom stereocenters. The second-order valence-corrected chi connectivity index (χ2v) is 8.18. The van der Waals surface area contributed by atoms with Gasteiger partial charge in [0.15, 0.2) is 6.10 Å². The Bertz CT molecular complexity index is 911. The first-order valence-corrected chi connectivity index (χ1v) is 10.3. The monoisotopic (exact) mass is 404 g/mol. The first-order chi connectivity index (χ1) is 13.2. The molecule has 0 bridgehead atoms. The molecule has 2 aromatic carbocycles. The lowest BCUT2D eigenvalue weighted by Gasteiger charge is -2.18. The van der Waals surface area contributed by atoms with E-state index in [0.717, 1.165) is 11.1 Å². The van der Waals surface area contributed by atoms with Gasteiger partial charge in [-0.15, -0.1) is 0 Å². The third kappa shape index (κ3) is 6.17. The van der Waals surface area contributed by atoms with E-state index in [1.165, 1.54) is 19.1 Å². The number of aryl methyl sites for hydroxylation is 1. The number of carbonyl (C=O) groups is 2. The quantitative estimate of drug-likeness (QED) is 0.656. The van der Waals surface area contributed by atoms with Crippen LogP contribution in [0.25, 0.3) is 0 Å². The van der Waals surface area contributed by atoms with Crippen molar-refractivity contribution in [3.05, 3.63) is 65.7 Å². The number of hydrogen-bond acceptors (Lipinski definition) is 5. The van der Waals surface area contributed by atoms with Crippen molar-refractivity contribution >= 4 is 21.9 Å². The molecule has 0 saturated heterocycles. The maximum absolute atomic E-state index is 12.2. The Morgan fingerprint density at radius 3 is 2.21 bits per heavy atom.